The predicted octanol–water partition coefficient (Wildman–Crippen LogP) is 7.37. The van der Waals surface area contributed by atoms with Gasteiger partial charge in [-0.05, 0) is 69.8 Å². The molecule has 0 aliphatic heterocycles. The highest BCUT2D eigenvalue weighted by atomic mass is 16.5. The maximum Gasteiger partial charge on any atom is 0.303 e. The summed E-state index contributed by atoms with van der Waals surface area (Å²) in [5.41, 5.74) is 5.51. The number of hydrogen-bond acceptors (Lipinski definition) is 3. The van der Waals surface area contributed by atoms with Gasteiger partial charge >= 0.3 is 5.97 Å². The quantitative estimate of drug-likeness (QED) is 0.322. The lowest BCUT2D eigenvalue weighted by Gasteiger charge is -2.24. The molecule has 0 amide bonds. The zero-order valence-electron chi connectivity index (χ0n) is 20.5. The van der Waals surface area contributed by atoms with E-state index in [0.717, 1.165) is 28.2 Å². The normalized spacial score (nSPS) is 12.1. The van der Waals surface area contributed by atoms with Crippen molar-refractivity contribution in [2.45, 2.75) is 51.6 Å². The molecule has 0 saturated heterocycles. The molecule has 1 N–H and O–H groups in total. The van der Waals surface area contributed by atoms with Crippen molar-refractivity contribution >= 4 is 5.97 Å². The Morgan fingerprint density at radius 2 is 1.76 bits per heavy atom. The molecule has 34 heavy (non-hydrogen) atoms. The van der Waals surface area contributed by atoms with E-state index in [-0.39, 0.29) is 17.8 Å². The monoisotopic (exact) mass is 458 g/mol. The van der Waals surface area contributed by atoms with Crippen LogP contribution in [0.2, 0.25) is 0 Å². The molecule has 3 rings (SSSR count). The van der Waals surface area contributed by atoms with Crippen LogP contribution in [0.3, 0.4) is 0 Å². The van der Waals surface area contributed by atoms with Crippen LogP contribution >= 0.6 is 0 Å². The largest absolute Gasteiger partial charge is 0.497 e. The Morgan fingerprint density at radius 3 is 2.44 bits per heavy atom. The summed E-state index contributed by atoms with van der Waals surface area (Å²) < 4.78 is 11.5. The van der Waals surface area contributed by atoms with E-state index in [1.807, 2.05) is 36.4 Å². The average Bonchev–Trinajstić information content (AvgIpc) is 2.82. The van der Waals surface area contributed by atoms with Gasteiger partial charge < -0.3 is 14.6 Å². The molecule has 0 unspecified atom stereocenters. The van der Waals surface area contributed by atoms with Gasteiger partial charge in [0, 0.05) is 0 Å². The summed E-state index contributed by atoms with van der Waals surface area (Å²) in [5, 5.41) is 9.25. The molecule has 0 heterocycles. The maximum atomic E-state index is 11.3. The highest BCUT2D eigenvalue weighted by Crippen LogP contribution is 2.35. The number of benzene rings is 3. The van der Waals surface area contributed by atoms with Crippen molar-refractivity contribution in [2.24, 2.45) is 0 Å². The van der Waals surface area contributed by atoms with Crippen molar-refractivity contribution < 1.29 is 19.4 Å². The smallest absolute Gasteiger partial charge is 0.303 e. The number of carboxylic acids is 1. The van der Waals surface area contributed by atoms with Crippen LogP contribution in [0.1, 0.15) is 56.2 Å². The Bertz CT molecular complexity index is 1140. The molecule has 0 aliphatic rings. The minimum absolute atomic E-state index is 0.0525. The molecule has 4 heteroatoms. The van der Waals surface area contributed by atoms with Gasteiger partial charge in [0.2, 0.25) is 0 Å². The van der Waals surface area contributed by atoms with Crippen LogP contribution < -0.4 is 9.47 Å². The first-order valence-corrected chi connectivity index (χ1v) is 11.5. The van der Waals surface area contributed by atoms with Crippen LogP contribution in [0.5, 0.6) is 11.5 Å². The maximum absolute atomic E-state index is 11.3. The van der Waals surface area contributed by atoms with Gasteiger partial charge in [0.25, 0.3) is 0 Å². The molecule has 0 spiro atoms. The molecule has 0 fully saturated rings. The molecule has 3 aromatic rings. The van der Waals surface area contributed by atoms with Crippen molar-refractivity contribution in [1.29, 1.82) is 0 Å². The van der Waals surface area contributed by atoms with E-state index in [2.05, 4.69) is 57.7 Å². The van der Waals surface area contributed by atoms with Crippen molar-refractivity contribution in [1.82, 2.24) is 0 Å². The fourth-order valence-corrected chi connectivity index (χ4v) is 4.12. The fourth-order valence-electron chi connectivity index (χ4n) is 4.12. The number of carboxylic acid groups (broad SMARTS) is 1. The fraction of sp³-hybridized carbons (Fsp3) is 0.300. The molecular formula is C30H34O4. The Labute approximate surface area is 202 Å². The lowest BCUT2D eigenvalue weighted by Crippen LogP contribution is -2.14. The van der Waals surface area contributed by atoms with E-state index in [1.54, 1.807) is 13.2 Å². The minimum Gasteiger partial charge on any atom is -0.497 e. The molecule has 0 aliphatic carbocycles. The Hall–Kier alpha value is -3.53. The molecule has 0 radical (unpaired) electrons. The lowest BCUT2D eigenvalue weighted by molar-refractivity contribution is -0.137. The molecule has 178 valence electrons. The van der Waals surface area contributed by atoms with E-state index in [9.17, 15) is 9.90 Å². The Morgan fingerprint density at radius 1 is 1.03 bits per heavy atom. The minimum atomic E-state index is -0.816. The van der Waals surface area contributed by atoms with Gasteiger partial charge in [0.1, 0.15) is 18.1 Å². The number of ether oxygens (including phenoxy) is 2. The Balaban J connectivity index is 1.84. The zero-order valence-corrected chi connectivity index (χ0v) is 20.5. The molecular weight excluding hydrogens is 424 g/mol. The molecule has 3 aromatic carbocycles. The van der Waals surface area contributed by atoms with Crippen LogP contribution in [0.25, 0.3) is 11.1 Å². The van der Waals surface area contributed by atoms with E-state index in [0.29, 0.717) is 13.0 Å². The summed E-state index contributed by atoms with van der Waals surface area (Å²) in [6, 6.07) is 22.3. The average molecular weight is 459 g/mol. The molecule has 0 aromatic heterocycles. The highest BCUT2D eigenvalue weighted by Gasteiger charge is 2.20. The third-order valence-corrected chi connectivity index (χ3v) is 5.88. The number of aliphatic carboxylic acids is 1. The summed E-state index contributed by atoms with van der Waals surface area (Å²) in [7, 11) is 1.68. The van der Waals surface area contributed by atoms with Crippen LogP contribution in [-0.4, -0.2) is 18.2 Å². The molecule has 0 saturated carbocycles. The number of rotatable bonds is 10. The van der Waals surface area contributed by atoms with Gasteiger partial charge in [-0.25, -0.2) is 0 Å². The Kier molecular flexibility index (Phi) is 8.17. The van der Waals surface area contributed by atoms with Crippen LogP contribution in [0.15, 0.2) is 79.4 Å². The third kappa shape index (κ3) is 6.50. The van der Waals surface area contributed by atoms with E-state index < -0.39 is 5.97 Å². The van der Waals surface area contributed by atoms with E-state index in [1.165, 1.54) is 11.1 Å². The lowest BCUT2D eigenvalue weighted by atomic mass is 9.81. The molecule has 1 atom stereocenters. The SMILES string of the molecule is C=CC[C@@H](CC(=O)O)c1cccc(OCc2ccc(-c3cccc(OC)c3)c(C(C)(C)C)c2)c1. The van der Waals surface area contributed by atoms with E-state index >= 15 is 0 Å². The second-order valence-electron chi connectivity index (χ2n) is 9.54. The van der Waals surface area contributed by atoms with Gasteiger partial charge in [-0.1, -0.05) is 69.3 Å². The summed E-state index contributed by atoms with van der Waals surface area (Å²) in [6.07, 6.45) is 2.44. The first-order chi connectivity index (χ1) is 16.2. The third-order valence-electron chi connectivity index (χ3n) is 5.88. The van der Waals surface area contributed by atoms with Crippen molar-refractivity contribution in [3.8, 4) is 22.6 Å². The van der Waals surface area contributed by atoms with Crippen LogP contribution in [0, 0.1) is 0 Å². The topological polar surface area (TPSA) is 55.8 Å². The number of methoxy groups -OCH3 is 1. The highest BCUT2D eigenvalue weighted by molar-refractivity contribution is 5.70. The van der Waals surface area contributed by atoms with E-state index in [4.69, 9.17) is 9.47 Å². The van der Waals surface area contributed by atoms with Crippen molar-refractivity contribution in [3.05, 3.63) is 96.1 Å². The summed E-state index contributed by atoms with van der Waals surface area (Å²) in [5.74, 6) is 0.630. The van der Waals surface area contributed by atoms with Crippen LogP contribution in [-0.2, 0) is 16.8 Å². The van der Waals surface area contributed by atoms with Gasteiger partial charge in [-0.15, -0.1) is 6.58 Å². The van der Waals surface area contributed by atoms with Crippen molar-refractivity contribution in [3.63, 3.8) is 0 Å². The predicted molar refractivity (Wildman–Crippen MR) is 138 cm³/mol. The summed E-state index contributed by atoms with van der Waals surface area (Å²) in [6.45, 7) is 10.8. The van der Waals surface area contributed by atoms with Gasteiger partial charge in [0.15, 0.2) is 0 Å². The number of carbonyl (C=O) groups is 1. The number of hydrogen-bond donors (Lipinski definition) is 1. The van der Waals surface area contributed by atoms with Gasteiger partial charge in [-0.3, -0.25) is 4.79 Å². The second-order valence-corrected chi connectivity index (χ2v) is 9.54. The van der Waals surface area contributed by atoms with Gasteiger partial charge in [-0.2, -0.15) is 0 Å². The number of allylic oxidation sites excluding steroid dienone is 1. The van der Waals surface area contributed by atoms with Gasteiger partial charge in [0.05, 0.1) is 13.5 Å². The van der Waals surface area contributed by atoms with Crippen molar-refractivity contribution in [2.75, 3.05) is 7.11 Å². The van der Waals surface area contributed by atoms with Crippen LogP contribution in [0.4, 0.5) is 0 Å². The first-order valence-electron chi connectivity index (χ1n) is 11.5. The second kappa shape index (κ2) is 11.1. The molecule has 4 nitrogen and oxygen atoms in total. The first kappa shape index (κ1) is 25.1. The zero-order chi connectivity index (χ0) is 24.7. The molecule has 0 bridgehead atoms. The standard InChI is InChI=1S/C30H34O4/c1-6-9-22(19-29(31)32)23-10-7-13-26(17-23)34-20-21-14-15-27(28(16-21)30(2,3)4)24-11-8-12-25(18-24)33-5/h6-8,10-18,22H,1,9,19-20H2,2-5H3,(H,31,32)/t22-/m0/s1. The summed E-state index contributed by atoms with van der Waals surface area (Å²) in [4.78, 5) is 11.3. The summed E-state index contributed by atoms with van der Waals surface area (Å²) >= 11 is 0.